The number of carbonyl (C=O) groups is 1. The lowest BCUT2D eigenvalue weighted by Crippen LogP contribution is -2.47. The zero-order chi connectivity index (χ0) is 15.9. The van der Waals surface area contributed by atoms with Crippen molar-refractivity contribution in [2.75, 3.05) is 20.3 Å². The van der Waals surface area contributed by atoms with Crippen LogP contribution >= 0.6 is 0 Å². The van der Waals surface area contributed by atoms with Gasteiger partial charge in [-0.3, -0.25) is 4.79 Å². The monoisotopic (exact) mass is 293 g/mol. The first-order chi connectivity index (χ1) is 9.89. The van der Waals surface area contributed by atoms with Crippen molar-refractivity contribution in [2.24, 2.45) is 0 Å². The Labute approximate surface area is 124 Å². The third-order valence-electron chi connectivity index (χ3n) is 2.64. The van der Waals surface area contributed by atoms with Crippen molar-refractivity contribution >= 4 is 5.91 Å². The number of hydrogen-bond acceptors (Lipinski definition) is 3. The van der Waals surface area contributed by atoms with E-state index in [1.165, 1.54) is 18.2 Å². The van der Waals surface area contributed by atoms with Crippen LogP contribution in [0.5, 0.6) is 0 Å². The van der Waals surface area contributed by atoms with Gasteiger partial charge in [0, 0.05) is 19.1 Å². The van der Waals surface area contributed by atoms with Crippen LogP contribution in [0.2, 0.25) is 0 Å². The number of halogens is 1. The van der Waals surface area contributed by atoms with Crippen LogP contribution in [0.1, 0.15) is 36.2 Å². The van der Waals surface area contributed by atoms with Crippen molar-refractivity contribution < 1.29 is 19.0 Å². The maximum Gasteiger partial charge on any atom is 0.253 e. The lowest BCUT2D eigenvalue weighted by molar-refractivity contribution is 0.0819. The summed E-state index contributed by atoms with van der Waals surface area (Å²) in [5.41, 5.74) is 0.0518. The quantitative estimate of drug-likeness (QED) is 0.813. The van der Waals surface area contributed by atoms with Gasteiger partial charge in [0.25, 0.3) is 5.91 Å². The van der Waals surface area contributed by atoms with Crippen LogP contribution in [0.15, 0.2) is 18.2 Å². The Morgan fingerprint density at radius 2 is 2.19 bits per heavy atom. The molecule has 1 amide bonds. The third kappa shape index (κ3) is 5.54. The van der Waals surface area contributed by atoms with E-state index in [2.05, 4.69) is 17.2 Å². The van der Waals surface area contributed by atoms with Crippen LogP contribution in [0.3, 0.4) is 0 Å². The summed E-state index contributed by atoms with van der Waals surface area (Å²) in [5, 5.41) is 11.5. The van der Waals surface area contributed by atoms with Gasteiger partial charge in [-0.05, 0) is 32.0 Å². The topological polar surface area (TPSA) is 58.6 Å². The van der Waals surface area contributed by atoms with E-state index in [-0.39, 0.29) is 18.9 Å². The maximum absolute atomic E-state index is 13.3. The molecule has 0 aliphatic heterocycles. The van der Waals surface area contributed by atoms with Gasteiger partial charge in [0.2, 0.25) is 0 Å². The third-order valence-corrected chi connectivity index (χ3v) is 2.64. The first-order valence-electron chi connectivity index (χ1n) is 6.60. The fourth-order valence-corrected chi connectivity index (χ4v) is 1.80. The maximum atomic E-state index is 13.3. The minimum atomic E-state index is -0.546. The highest BCUT2D eigenvalue weighted by molar-refractivity contribution is 5.97. The summed E-state index contributed by atoms with van der Waals surface area (Å²) < 4.78 is 18.4. The van der Waals surface area contributed by atoms with Crippen molar-refractivity contribution in [1.82, 2.24) is 5.32 Å². The molecule has 5 heteroatoms. The number of methoxy groups -OCH3 is 1. The molecular formula is C16H20FNO3. The van der Waals surface area contributed by atoms with Gasteiger partial charge in [-0.15, -0.1) is 0 Å². The molecule has 114 valence electrons. The number of nitrogens with one attached hydrogen (secondary N) is 1. The van der Waals surface area contributed by atoms with Gasteiger partial charge in [0.1, 0.15) is 5.82 Å². The molecule has 1 aromatic carbocycles. The number of aliphatic hydroxyl groups is 1. The van der Waals surface area contributed by atoms with Gasteiger partial charge in [0.05, 0.1) is 24.3 Å². The molecule has 1 rings (SSSR count). The Hall–Kier alpha value is -1.90. The molecule has 0 fully saturated rings. The molecule has 0 heterocycles. The summed E-state index contributed by atoms with van der Waals surface area (Å²) in [7, 11) is 1.55. The van der Waals surface area contributed by atoms with E-state index in [0.29, 0.717) is 17.7 Å². The minimum Gasteiger partial charge on any atom is -0.395 e. The molecule has 0 saturated heterocycles. The van der Waals surface area contributed by atoms with Gasteiger partial charge in [-0.1, -0.05) is 11.8 Å². The SMILES string of the molecule is COCC(C)(C)NC(=O)c1ccc(F)cc1C#CCCO. The number of carbonyl (C=O) groups excluding carboxylic acids is 1. The van der Waals surface area contributed by atoms with Crippen molar-refractivity contribution in [2.45, 2.75) is 25.8 Å². The molecule has 0 saturated carbocycles. The predicted octanol–water partition coefficient (Wildman–Crippen LogP) is 1.71. The van der Waals surface area contributed by atoms with Crippen molar-refractivity contribution in [3.05, 3.63) is 35.1 Å². The van der Waals surface area contributed by atoms with E-state index in [9.17, 15) is 9.18 Å². The van der Waals surface area contributed by atoms with Crippen LogP contribution in [0.4, 0.5) is 4.39 Å². The van der Waals surface area contributed by atoms with Crippen molar-refractivity contribution in [3.63, 3.8) is 0 Å². The van der Waals surface area contributed by atoms with Gasteiger partial charge in [0.15, 0.2) is 0 Å². The Bertz CT molecular complexity index is 558. The average molecular weight is 293 g/mol. The molecule has 0 atom stereocenters. The highest BCUT2D eigenvalue weighted by Crippen LogP contribution is 2.13. The number of benzene rings is 1. The highest BCUT2D eigenvalue weighted by atomic mass is 19.1. The van der Waals surface area contributed by atoms with Crippen LogP contribution in [0.25, 0.3) is 0 Å². The number of aliphatic hydroxyl groups excluding tert-OH is 1. The van der Waals surface area contributed by atoms with E-state index in [4.69, 9.17) is 9.84 Å². The largest absolute Gasteiger partial charge is 0.395 e. The molecule has 1 aromatic rings. The second kappa shape index (κ2) is 7.77. The van der Waals surface area contributed by atoms with E-state index >= 15 is 0 Å². The summed E-state index contributed by atoms with van der Waals surface area (Å²) in [4.78, 5) is 12.3. The molecule has 0 aromatic heterocycles. The Morgan fingerprint density at radius 3 is 2.81 bits per heavy atom. The van der Waals surface area contributed by atoms with Crippen molar-refractivity contribution in [3.8, 4) is 11.8 Å². The summed E-state index contributed by atoms with van der Waals surface area (Å²) in [6, 6.07) is 3.83. The predicted molar refractivity (Wildman–Crippen MR) is 78.4 cm³/mol. The summed E-state index contributed by atoms with van der Waals surface area (Å²) in [6.07, 6.45) is 0.271. The highest BCUT2D eigenvalue weighted by Gasteiger charge is 2.22. The lowest BCUT2D eigenvalue weighted by atomic mass is 10.0. The average Bonchev–Trinajstić information content (AvgIpc) is 2.38. The van der Waals surface area contributed by atoms with Gasteiger partial charge in [-0.25, -0.2) is 4.39 Å². The minimum absolute atomic E-state index is 0.0787. The summed E-state index contributed by atoms with van der Waals surface area (Å²) >= 11 is 0. The molecule has 21 heavy (non-hydrogen) atoms. The molecule has 0 aliphatic rings. The van der Waals surface area contributed by atoms with Crippen LogP contribution < -0.4 is 5.32 Å². The molecule has 0 unspecified atom stereocenters. The zero-order valence-corrected chi connectivity index (χ0v) is 12.5. The lowest BCUT2D eigenvalue weighted by Gasteiger charge is -2.25. The van der Waals surface area contributed by atoms with Crippen LogP contribution in [0, 0.1) is 17.7 Å². The number of amides is 1. The summed E-state index contributed by atoms with van der Waals surface area (Å²) in [6.45, 7) is 3.93. The second-order valence-corrected chi connectivity index (χ2v) is 5.24. The molecule has 0 aliphatic carbocycles. The number of rotatable bonds is 5. The van der Waals surface area contributed by atoms with E-state index in [1.807, 2.05) is 13.8 Å². The van der Waals surface area contributed by atoms with E-state index < -0.39 is 11.4 Å². The standard InChI is InChI=1S/C16H20FNO3/c1-16(2,11-21-3)18-15(20)14-8-7-13(17)10-12(14)6-4-5-9-19/h7-8,10,19H,5,9,11H2,1-3H3,(H,18,20). The smallest absolute Gasteiger partial charge is 0.253 e. The first kappa shape index (κ1) is 17.2. The molecule has 2 N–H and O–H groups in total. The number of ether oxygens (including phenoxy) is 1. The van der Waals surface area contributed by atoms with E-state index in [1.54, 1.807) is 7.11 Å². The van der Waals surface area contributed by atoms with Crippen LogP contribution in [-0.4, -0.2) is 36.9 Å². The molecule has 0 spiro atoms. The molecular weight excluding hydrogens is 273 g/mol. The zero-order valence-electron chi connectivity index (χ0n) is 12.5. The molecule has 0 radical (unpaired) electrons. The normalized spacial score (nSPS) is 10.7. The first-order valence-corrected chi connectivity index (χ1v) is 6.60. The fourth-order valence-electron chi connectivity index (χ4n) is 1.80. The van der Waals surface area contributed by atoms with Gasteiger partial charge >= 0.3 is 0 Å². The van der Waals surface area contributed by atoms with Crippen molar-refractivity contribution in [1.29, 1.82) is 0 Å². The Morgan fingerprint density at radius 1 is 1.48 bits per heavy atom. The van der Waals surface area contributed by atoms with E-state index in [0.717, 1.165) is 0 Å². The van der Waals surface area contributed by atoms with Gasteiger partial charge in [-0.2, -0.15) is 0 Å². The number of hydrogen-bond donors (Lipinski definition) is 2. The Kier molecular flexibility index (Phi) is 6.35. The summed E-state index contributed by atoms with van der Waals surface area (Å²) in [5.74, 6) is 4.60. The fraction of sp³-hybridized carbons (Fsp3) is 0.438. The molecule has 4 nitrogen and oxygen atoms in total. The second-order valence-electron chi connectivity index (χ2n) is 5.24. The van der Waals surface area contributed by atoms with Gasteiger partial charge < -0.3 is 15.2 Å². The molecule has 0 bridgehead atoms. The Balaban J connectivity index is 3.01. The van der Waals surface area contributed by atoms with Crippen LogP contribution in [-0.2, 0) is 4.74 Å².